The summed E-state index contributed by atoms with van der Waals surface area (Å²) in [4.78, 5) is 24.3. The Labute approximate surface area is 115 Å². The smallest absolute Gasteiger partial charge is 0.339 e. The maximum absolute atomic E-state index is 11.7. The Kier molecular flexibility index (Phi) is 2.60. The molecule has 1 aliphatic rings. The summed E-state index contributed by atoms with van der Waals surface area (Å²) in [7, 11) is 1.75. The van der Waals surface area contributed by atoms with Gasteiger partial charge in [0, 0.05) is 12.7 Å². The van der Waals surface area contributed by atoms with Crippen LogP contribution in [-0.4, -0.2) is 33.8 Å². The first-order chi connectivity index (χ1) is 9.49. The summed E-state index contributed by atoms with van der Waals surface area (Å²) in [6.45, 7) is 1.71. The van der Waals surface area contributed by atoms with E-state index in [2.05, 4.69) is 5.10 Å². The zero-order chi connectivity index (χ0) is 14.4. The van der Waals surface area contributed by atoms with Crippen molar-refractivity contribution in [2.24, 2.45) is 0 Å². The molecule has 102 valence electrons. The minimum absolute atomic E-state index is 0.0561. The van der Waals surface area contributed by atoms with Crippen LogP contribution in [-0.2, 0) is 11.2 Å². The Morgan fingerprint density at radius 3 is 2.80 bits per heavy atom. The number of rotatable bonds is 2. The van der Waals surface area contributed by atoms with E-state index < -0.39 is 5.97 Å². The number of hydrogen-bond acceptors (Lipinski definition) is 3. The molecule has 0 saturated carbocycles. The second-order valence-corrected chi connectivity index (χ2v) is 4.80. The lowest BCUT2D eigenvalue weighted by molar-refractivity contribution is -0.117. The SMILES string of the molecule is Cc1c(C(=O)O)cnn1-c1ccc2c(c1)CC(=O)N2C. The number of hydrogen-bond donors (Lipinski definition) is 1. The van der Waals surface area contributed by atoms with Crippen LogP contribution in [0, 0.1) is 6.92 Å². The second kappa shape index (κ2) is 4.19. The van der Waals surface area contributed by atoms with Gasteiger partial charge in [-0.2, -0.15) is 5.10 Å². The van der Waals surface area contributed by atoms with Gasteiger partial charge in [0.25, 0.3) is 0 Å². The molecule has 1 N–H and O–H groups in total. The third kappa shape index (κ3) is 1.69. The molecule has 2 aromatic rings. The number of aromatic carboxylic acids is 1. The van der Waals surface area contributed by atoms with E-state index in [1.807, 2.05) is 18.2 Å². The van der Waals surface area contributed by atoms with Crippen LogP contribution in [0.15, 0.2) is 24.4 Å². The topological polar surface area (TPSA) is 75.4 Å². The van der Waals surface area contributed by atoms with Gasteiger partial charge >= 0.3 is 5.97 Å². The van der Waals surface area contributed by atoms with Crippen LogP contribution < -0.4 is 4.90 Å². The Morgan fingerprint density at radius 2 is 2.15 bits per heavy atom. The van der Waals surface area contributed by atoms with Gasteiger partial charge in [0.15, 0.2) is 0 Å². The number of aromatic nitrogens is 2. The predicted molar refractivity (Wildman–Crippen MR) is 72.4 cm³/mol. The van der Waals surface area contributed by atoms with Gasteiger partial charge in [-0.3, -0.25) is 4.79 Å². The quantitative estimate of drug-likeness (QED) is 0.895. The molecule has 0 bridgehead atoms. The first-order valence-corrected chi connectivity index (χ1v) is 6.17. The molecule has 0 spiro atoms. The van der Waals surface area contributed by atoms with Crippen LogP contribution in [0.25, 0.3) is 5.69 Å². The summed E-state index contributed by atoms with van der Waals surface area (Å²) in [6, 6.07) is 5.57. The zero-order valence-electron chi connectivity index (χ0n) is 11.1. The van der Waals surface area contributed by atoms with Crippen molar-refractivity contribution in [2.45, 2.75) is 13.3 Å². The molecule has 1 aromatic carbocycles. The van der Waals surface area contributed by atoms with Crippen LogP contribution in [0.5, 0.6) is 0 Å². The van der Waals surface area contributed by atoms with Crippen molar-refractivity contribution in [2.75, 3.05) is 11.9 Å². The number of carboxylic acid groups (broad SMARTS) is 1. The van der Waals surface area contributed by atoms with Gasteiger partial charge < -0.3 is 10.0 Å². The molecular weight excluding hydrogens is 258 g/mol. The van der Waals surface area contributed by atoms with Crippen LogP contribution >= 0.6 is 0 Å². The third-order valence-electron chi connectivity index (χ3n) is 3.62. The lowest BCUT2D eigenvalue weighted by Gasteiger charge is -2.11. The minimum atomic E-state index is -0.996. The number of carbonyl (C=O) groups excluding carboxylic acids is 1. The molecule has 0 atom stereocenters. The molecule has 1 aliphatic heterocycles. The summed E-state index contributed by atoms with van der Waals surface area (Å²) in [5, 5.41) is 13.2. The van der Waals surface area contributed by atoms with E-state index in [0.29, 0.717) is 12.1 Å². The van der Waals surface area contributed by atoms with Gasteiger partial charge in [-0.15, -0.1) is 0 Å². The van der Waals surface area contributed by atoms with Gasteiger partial charge in [0.1, 0.15) is 5.56 Å². The molecule has 0 aliphatic carbocycles. The number of anilines is 1. The molecule has 2 heterocycles. The monoisotopic (exact) mass is 271 g/mol. The standard InChI is InChI=1S/C14H13N3O3/c1-8-11(14(19)20)7-15-17(8)10-3-4-12-9(5-10)6-13(18)16(12)2/h3-5,7H,6H2,1-2H3,(H,19,20). The lowest BCUT2D eigenvalue weighted by Crippen LogP contribution is -2.20. The maximum Gasteiger partial charge on any atom is 0.339 e. The number of amides is 1. The molecule has 1 aromatic heterocycles. The first kappa shape index (κ1) is 12.4. The Balaban J connectivity index is 2.07. The molecular formula is C14H13N3O3. The molecule has 0 unspecified atom stereocenters. The van der Waals surface area contributed by atoms with Gasteiger partial charge in [0.2, 0.25) is 5.91 Å². The fraction of sp³-hybridized carbons (Fsp3) is 0.214. The summed E-state index contributed by atoms with van der Waals surface area (Å²) in [5.74, 6) is -0.939. The number of carbonyl (C=O) groups is 2. The van der Waals surface area contributed by atoms with Crippen molar-refractivity contribution < 1.29 is 14.7 Å². The summed E-state index contributed by atoms with van der Waals surface area (Å²) in [5.41, 5.74) is 3.33. The first-order valence-electron chi connectivity index (χ1n) is 6.17. The van der Waals surface area contributed by atoms with Gasteiger partial charge in [-0.25, -0.2) is 9.48 Å². The number of nitrogens with zero attached hydrogens (tertiary/aromatic N) is 3. The number of carboxylic acids is 1. The van der Waals surface area contributed by atoms with Crippen LogP contribution in [0.1, 0.15) is 21.6 Å². The fourth-order valence-electron chi connectivity index (χ4n) is 2.47. The zero-order valence-corrected chi connectivity index (χ0v) is 11.1. The van der Waals surface area contributed by atoms with Crippen molar-refractivity contribution in [3.63, 3.8) is 0 Å². The molecule has 0 fully saturated rings. The normalized spacial score (nSPS) is 13.7. The average Bonchev–Trinajstić information content (AvgIpc) is 2.91. The van der Waals surface area contributed by atoms with E-state index in [1.165, 1.54) is 6.20 Å². The lowest BCUT2D eigenvalue weighted by atomic mass is 10.1. The van der Waals surface area contributed by atoms with Crippen LogP contribution in [0.3, 0.4) is 0 Å². The summed E-state index contributed by atoms with van der Waals surface area (Å²) >= 11 is 0. The van der Waals surface area contributed by atoms with Gasteiger partial charge in [-0.05, 0) is 30.7 Å². The Morgan fingerprint density at radius 1 is 1.40 bits per heavy atom. The van der Waals surface area contributed by atoms with E-state index in [-0.39, 0.29) is 11.5 Å². The highest BCUT2D eigenvalue weighted by molar-refractivity contribution is 6.01. The largest absolute Gasteiger partial charge is 0.478 e. The molecule has 6 heteroatoms. The van der Waals surface area contributed by atoms with Crippen LogP contribution in [0.4, 0.5) is 5.69 Å². The van der Waals surface area contributed by atoms with Gasteiger partial charge in [-0.1, -0.05) is 0 Å². The van der Waals surface area contributed by atoms with E-state index in [9.17, 15) is 9.59 Å². The number of benzene rings is 1. The van der Waals surface area contributed by atoms with Crippen LogP contribution in [0.2, 0.25) is 0 Å². The minimum Gasteiger partial charge on any atom is -0.478 e. The molecule has 6 nitrogen and oxygen atoms in total. The Hall–Kier alpha value is -2.63. The Bertz CT molecular complexity index is 733. The highest BCUT2D eigenvalue weighted by atomic mass is 16.4. The van der Waals surface area contributed by atoms with Gasteiger partial charge in [0.05, 0.1) is 24.0 Å². The molecule has 1 amide bonds. The third-order valence-corrected chi connectivity index (χ3v) is 3.62. The predicted octanol–water partition coefficient (Wildman–Crippen LogP) is 1.40. The van der Waals surface area contributed by atoms with E-state index in [1.54, 1.807) is 23.6 Å². The molecule has 3 rings (SSSR count). The highest BCUT2D eigenvalue weighted by Crippen LogP contribution is 2.29. The number of fused-ring (bicyclic) bond motifs is 1. The van der Waals surface area contributed by atoms with E-state index in [0.717, 1.165) is 16.9 Å². The molecule has 0 saturated heterocycles. The summed E-state index contributed by atoms with van der Waals surface area (Å²) in [6.07, 6.45) is 1.70. The average molecular weight is 271 g/mol. The fourth-order valence-corrected chi connectivity index (χ4v) is 2.47. The number of likely N-dealkylation sites (N-methyl/N-ethyl adjacent to an activating group) is 1. The van der Waals surface area contributed by atoms with Crippen molar-refractivity contribution >= 4 is 17.6 Å². The van der Waals surface area contributed by atoms with Crippen molar-refractivity contribution in [3.05, 3.63) is 41.2 Å². The van der Waals surface area contributed by atoms with Crippen molar-refractivity contribution in [1.29, 1.82) is 0 Å². The van der Waals surface area contributed by atoms with E-state index >= 15 is 0 Å². The highest BCUT2D eigenvalue weighted by Gasteiger charge is 2.24. The summed E-state index contributed by atoms with van der Waals surface area (Å²) < 4.78 is 1.58. The van der Waals surface area contributed by atoms with Crippen molar-refractivity contribution in [3.8, 4) is 5.69 Å². The van der Waals surface area contributed by atoms with Crippen molar-refractivity contribution in [1.82, 2.24) is 9.78 Å². The maximum atomic E-state index is 11.7. The van der Waals surface area contributed by atoms with E-state index in [4.69, 9.17) is 5.11 Å². The molecule has 0 radical (unpaired) electrons. The second-order valence-electron chi connectivity index (χ2n) is 4.80. The molecule has 20 heavy (non-hydrogen) atoms.